The lowest BCUT2D eigenvalue weighted by Crippen LogP contribution is -2.51. The Morgan fingerprint density at radius 1 is 1.10 bits per heavy atom. The highest BCUT2D eigenvalue weighted by molar-refractivity contribution is 7.89. The van der Waals surface area contributed by atoms with Gasteiger partial charge in [0.05, 0.1) is 12.3 Å². The van der Waals surface area contributed by atoms with Crippen molar-refractivity contribution in [3.05, 3.63) is 0 Å². The summed E-state index contributed by atoms with van der Waals surface area (Å²) in [7, 11) is -3.10. The predicted molar refractivity (Wildman–Crippen MR) is 81.2 cm³/mol. The summed E-state index contributed by atoms with van der Waals surface area (Å²) >= 11 is 0. The topological polar surface area (TPSA) is 57.7 Å². The molecule has 6 heteroatoms. The van der Waals surface area contributed by atoms with Crippen LogP contribution in [-0.4, -0.2) is 61.9 Å². The van der Waals surface area contributed by atoms with Gasteiger partial charge < -0.3 is 0 Å². The second-order valence-electron chi connectivity index (χ2n) is 6.52. The van der Waals surface area contributed by atoms with E-state index in [9.17, 15) is 13.2 Å². The van der Waals surface area contributed by atoms with Crippen LogP contribution in [0, 0.1) is 5.41 Å². The quantitative estimate of drug-likeness (QED) is 0.743. The number of carbonyl (C=O) groups is 1. The molecule has 1 aliphatic heterocycles. The molecule has 0 atom stereocenters. The minimum atomic E-state index is -3.10. The zero-order valence-electron chi connectivity index (χ0n) is 13.2. The SMILES string of the molecule is CCCCS(=O)(=O)N1CCN(CC(=O)C(C)(C)C)CC1. The van der Waals surface area contributed by atoms with Gasteiger partial charge in [-0.05, 0) is 6.42 Å². The van der Waals surface area contributed by atoms with Crippen molar-refractivity contribution in [3.8, 4) is 0 Å². The molecule has 0 unspecified atom stereocenters. The summed E-state index contributed by atoms with van der Waals surface area (Å²) in [6.45, 7) is 10.5. The Hall–Kier alpha value is -0.460. The highest BCUT2D eigenvalue weighted by atomic mass is 32.2. The molecular weight excluding hydrogens is 276 g/mol. The summed E-state index contributed by atoms with van der Waals surface area (Å²) < 4.78 is 25.7. The van der Waals surface area contributed by atoms with Crippen LogP contribution >= 0.6 is 0 Å². The van der Waals surface area contributed by atoms with Gasteiger partial charge in [-0.1, -0.05) is 34.1 Å². The van der Waals surface area contributed by atoms with Gasteiger partial charge in [0.25, 0.3) is 0 Å². The maximum Gasteiger partial charge on any atom is 0.214 e. The molecule has 0 amide bonds. The molecule has 0 saturated carbocycles. The van der Waals surface area contributed by atoms with E-state index in [0.29, 0.717) is 39.1 Å². The molecule has 1 aliphatic rings. The lowest BCUT2D eigenvalue weighted by molar-refractivity contribution is -0.127. The fourth-order valence-corrected chi connectivity index (χ4v) is 3.69. The van der Waals surface area contributed by atoms with Crippen molar-refractivity contribution in [1.29, 1.82) is 0 Å². The molecular formula is C14H28N2O3S. The van der Waals surface area contributed by atoms with Gasteiger partial charge in [0.2, 0.25) is 10.0 Å². The first-order valence-electron chi connectivity index (χ1n) is 7.40. The largest absolute Gasteiger partial charge is 0.298 e. The number of sulfonamides is 1. The lowest BCUT2D eigenvalue weighted by atomic mass is 9.90. The third-order valence-corrected chi connectivity index (χ3v) is 5.64. The monoisotopic (exact) mass is 304 g/mol. The van der Waals surface area contributed by atoms with Crippen LogP contribution < -0.4 is 0 Å². The zero-order valence-corrected chi connectivity index (χ0v) is 14.0. The average Bonchev–Trinajstić information content (AvgIpc) is 2.36. The number of hydrogen-bond donors (Lipinski definition) is 0. The number of unbranched alkanes of at least 4 members (excludes halogenated alkanes) is 1. The fraction of sp³-hybridized carbons (Fsp3) is 0.929. The second-order valence-corrected chi connectivity index (χ2v) is 8.61. The van der Waals surface area contributed by atoms with Crippen LogP contribution in [0.5, 0.6) is 0 Å². The molecule has 0 aromatic carbocycles. The molecule has 0 radical (unpaired) electrons. The van der Waals surface area contributed by atoms with Crippen LogP contribution in [0.15, 0.2) is 0 Å². The molecule has 0 bridgehead atoms. The van der Waals surface area contributed by atoms with Gasteiger partial charge in [-0.15, -0.1) is 0 Å². The van der Waals surface area contributed by atoms with Crippen molar-refractivity contribution in [2.45, 2.75) is 40.5 Å². The first kappa shape index (κ1) is 17.6. The van der Waals surface area contributed by atoms with Gasteiger partial charge >= 0.3 is 0 Å². The molecule has 0 aromatic rings. The van der Waals surface area contributed by atoms with Crippen LogP contribution in [0.1, 0.15) is 40.5 Å². The number of rotatable bonds is 6. The van der Waals surface area contributed by atoms with Crippen LogP contribution in [0.2, 0.25) is 0 Å². The molecule has 0 N–H and O–H groups in total. The smallest absolute Gasteiger partial charge is 0.214 e. The summed E-state index contributed by atoms with van der Waals surface area (Å²) in [4.78, 5) is 14.0. The molecule has 118 valence electrons. The van der Waals surface area contributed by atoms with Gasteiger partial charge in [-0.2, -0.15) is 4.31 Å². The molecule has 1 heterocycles. The van der Waals surface area contributed by atoms with E-state index in [4.69, 9.17) is 0 Å². The van der Waals surface area contributed by atoms with E-state index in [1.54, 1.807) is 4.31 Å². The van der Waals surface area contributed by atoms with Crippen LogP contribution in [0.3, 0.4) is 0 Å². The third kappa shape index (κ3) is 5.14. The van der Waals surface area contributed by atoms with E-state index in [0.717, 1.165) is 6.42 Å². The Morgan fingerprint density at radius 3 is 2.10 bits per heavy atom. The number of hydrogen-bond acceptors (Lipinski definition) is 4. The van der Waals surface area contributed by atoms with E-state index >= 15 is 0 Å². The van der Waals surface area contributed by atoms with Gasteiger partial charge in [-0.3, -0.25) is 9.69 Å². The Morgan fingerprint density at radius 2 is 1.65 bits per heavy atom. The van der Waals surface area contributed by atoms with E-state index in [-0.39, 0.29) is 17.0 Å². The molecule has 1 rings (SSSR count). The van der Waals surface area contributed by atoms with Crippen molar-refractivity contribution >= 4 is 15.8 Å². The van der Waals surface area contributed by atoms with E-state index in [2.05, 4.69) is 4.90 Å². The molecule has 0 aromatic heterocycles. The summed E-state index contributed by atoms with van der Waals surface area (Å²) in [5, 5.41) is 0. The van der Waals surface area contributed by atoms with E-state index in [1.807, 2.05) is 27.7 Å². The van der Waals surface area contributed by atoms with Crippen molar-refractivity contribution in [2.75, 3.05) is 38.5 Å². The molecule has 1 saturated heterocycles. The number of piperazine rings is 1. The highest BCUT2D eigenvalue weighted by Gasteiger charge is 2.29. The molecule has 0 spiro atoms. The predicted octanol–water partition coefficient (Wildman–Crippen LogP) is 1.35. The summed E-state index contributed by atoms with van der Waals surface area (Å²) in [5.74, 6) is 0.449. The van der Waals surface area contributed by atoms with Gasteiger partial charge in [-0.25, -0.2) is 8.42 Å². The van der Waals surface area contributed by atoms with E-state index in [1.165, 1.54) is 0 Å². The Balaban J connectivity index is 2.46. The van der Waals surface area contributed by atoms with Gasteiger partial charge in [0.15, 0.2) is 5.78 Å². The van der Waals surface area contributed by atoms with Crippen molar-refractivity contribution < 1.29 is 13.2 Å². The standard InChI is InChI=1S/C14H28N2O3S/c1-5-6-11-20(18,19)16-9-7-15(8-10-16)12-13(17)14(2,3)4/h5-12H2,1-4H3. The van der Waals surface area contributed by atoms with Gasteiger partial charge in [0.1, 0.15) is 0 Å². The Labute approximate surface area is 123 Å². The Bertz CT molecular complexity index is 418. The van der Waals surface area contributed by atoms with E-state index < -0.39 is 10.0 Å². The first-order chi connectivity index (χ1) is 9.16. The van der Waals surface area contributed by atoms with Gasteiger partial charge in [0, 0.05) is 31.6 Å². The minimum absolute atomic E-state index is 0.208. The van der Waals surface area contributed by atoms with Crippen LogP contribution in [-0.2, 0) is 14.8 Å². The lowest BCUT2D eigenvalue weighted by Gasteiger charge is -2.34. The fourth-order valence-electron chi connectivity index (χ4n) is 2.06. The highest BCUT2D eigenvalue weighted by Crippen LogP contribution is 2.16. The van der Waals surface area contributed by atoms with Crippen molar-refractivity contribution in [2.24, 2.45) is 5.41 Å². The number of Topliss-reactive ketones (excluding diaryl/α,β-unsaturated/α-hetero) is 1. The Kier molecular flexibility index (Phi) is 6.16. The van der Waals surface area contributed by atoms with Crippen LogP contribution in [0.4, 0.5) is 0 Å². The maximum absolute atomic E-state index is 12.1. The molecule has 5 nitrogen and oxygen atoms in total. The molecule has 20 heavy (non-hydrogen) atoms. The maximum atomic E-state index is 12.1. The normalized spacial score (nSPS) is 19.2. The summed E-state index contributed by atoms with van der Waals surface area (Å²) in [5.41, 5.74) is -0.329. The van der Waals surface area contributed by atoms with Crippen molar-refractivity contribution in [1.82, 2.24) is 9.21 Å². The number of ketones is 1. The second kappa shape index (κ2) is 7.00. The number of carbonyl (C=O) groups excluding carboxylic acids is 1. The number of nitrogens with zero attached hydrogens (tertiary/aromatic N) is 2. The average molecular weight is 304 g/mol. The summed E-state index contributed by atoms with van der Waals surface area (Å²) in [6, 6.07) is 0. The third-order valence-electron chi connectivity index (χ3n) is 3.68. The molecule has 0 aliphatic carbocycles. The zero-order chi connectivity index (χ0) is 15.4. The summed E-state index contributed by atoms with van der Waals surface area (Å²) in [6.07, 6.45) is 1.60. The van der Waals surface area contributed by atoms with Crippen LogP contribution in [0.25, 0.3) is 0 Å². The molecule has 1 fully saturated rings. The van der Waals surface area contributed by atoms with Crippen molar-refractivity contribution in [3.63, 3.8) is 0 Å². The first-order valence-corrected chi connectivity index (χ1v) is 9.01. The minimum Gasteiger partial charge on any atom is -0.298 e.